The van der Waals surface area contributed by atoms with Gasteiger partial charge >= 0.3 is 6.18 Å². The highest BCUT2D eigenvalue weighted by atomic mass is 19.4. The first-order chi connectivity index (χ1) is 21.0. The maximum atomic E-state index is 13.3. The van der Waals surface area contributed by atoms with Crippen LogP contribution in [0.5, 0.6) is 0 Å². The minimum Gasteiger partial charge on any atom is -0.456 e. The molecule has 0 spiro atoms. The Bertz CT molecular complexity index is 2000. The van der Waals surface area contributed by atoms with Crippen LogP contribution in [-0.2, 0) is 6.18 Å². The molecule has 210 valence electrons. The predicted molar refractivity (Wildman–Crippen MR) is 168 cm³/mol. The van der Waals surface area contributed by atoms with Gasteiger partial charge < -0.3 is 14.2 Å². The van der Waals surface area contributed by atoms with Crippen molar-refractivity contribution in [3.8, 4) is 0 Å². The summed E-state index contributed by atoms with van der Waals surface area (Å²) in [6.07, 6.45) is -4.40. The monoisotopic (exact) mass is 570 g/mol. The zero-order valence-electron chi connectivity index (χ0n) is 22.9. The summed E-state index contributed by atoms with van der Waals surface area (Å²) in [6, 6.07) is 47.2. The SMILES string of the molecule is FC(F)(F)c1ccc(N(c2ccccc2)c2ccc(N(c3ccccc3)c3ccc4oc5ccccc5c4c3)cc2)cc1. The fourth-order valence-electron chi connectivity index (χ4n) is 5.45. The maximum absolute atomic E-state index is 13.3. The second-order valence-electron chi connectivity index (χ2n) is 10.2. The lowest BCUT2D eigenvalue weighted by Gasteiger charge is -2.28. The predicted octanol–water partition coefficient (Wildman–Crippen LogP) is 11.5. The highest BCUT2D eigenvalue weighted by Crippen LogP contribution is 2.41. The molecule has 0 bridgehead atoms. The molecule has 0 amide bonds. The van der Waals surface area contributed by atoms with Gasteiger partial charge in [-0.05, 0) is 97.1 Å². The average molecular weight is 571 g/mol. The van der Waals surface area contributed by atoms with Crippen molar-refractivity contribution in [2.24, 2.45) is 0 Å². The molecule has 0 radical (unpaired) electrons. The minimum absolute atomic E-state index is 0.629. The first-order valence-electron chi connectivity index (χ1n) is 13.8. The van der Waals surface area contributed by atoms with E-state index in [1.807, 2.05) is 108 Å². The van der Waals surface area contributed by atoms with Crippen LogP contribution in [0.2, 0.25) is 0 Å². The Morgan fingerprint density at radius 3 is 1.37 bits per heavy atom. The van der Waals surface area contributed by atoms with E-state index in [0.29, 0.717) is 5.69 Å². The Morgan fingerprint density at radius 1 is 0.395 bits per heavy atom. The molecule has 0 N–H and O–H groups in total. The quantitative estimate of drug-likeness (QED) is 0.198. The zero-order chi connectivity index (χ0) is 29.4. The summed E-state index contributed by atoms with van der Waals surface area (Å²) >= 11 is 0. The van der Waals surface area contributed by atoms with Gasteiger partial charge in [0.1, 0.15) is 11.2 Å². The number of fused-ring (bicyclic) bond motifs is 3. The Labute approximate surface area is 246 Å². The minimum atomic E-state index is -4.40. The van der Waals surface area contributed by atoms with Gasteiger partial charge in [0.05, 0.1) is 5.56 Å². The molecule has 0 aliphatic carbocycles. The number of furan rings is 1. The van der Waals surface area contributed by atoms with Gasteiger partial charge in [-0.3, -0.25) is 0 Å². The molecule has 7 aromatic rings. The fourth-order valence-corrected chi connectivity index (χ4v) is 5.45. The van der Waals surface area contributed by atoms with Gasteiger partial charge in [0, 0.05) is 44.9 Å². The van der Waals surface area contributed by atoms with Crippen molar-refractivity contribution in [2.45, 2.75) is 6.18 Å². The van der Waals surface area contributed by atoms with E-state index >= 15 is 0 Å². The number of hydrogen-bond acceptors (Lipinski definition) is 3. The highest BCUT2D eigenvalue weighted by molar-refractivity contribution is 6.06. The summed E-state index contributed by atoms with van der Waals surface area (Å²) in [4.78, 5) is 4.12. The molecule has 7 rings (SSSR count). The third-order valence-corrected chi connectivity index (χ3v) is 7.47. The van der Waals surface area contributed by atoms with Crippen molar-refractivity contribution in [1.29, 1.82) is 0 Å². The van der Waals surface area contributed by atoms with Crippen molar-refractivity contribution in [3.05, 3.63) is 157 Å². The Morgan fingerprint density at radius 2 is 0.814 bits per heavy atom. The summed E-state index contributed by atoms with van der Waals surface area (Å²) in [5.41, 5.74) is 6.17. The van der Waals surface area contributed by atoms with Crippen LogP contribution >= 0.6 is 0 Å². The molecule has 43 heavy (non-hydrogen) atoms. The summed E-state index contributed by atoms with van der Waals surface area (Å²) in [5, 5.41) is 2.08. The van der Waals surface area contributed by atoms with Crippen LogP contribution in [0.15, 0.2) is 156 Å². The van der Waals surface area contributed by atoms with E-state index in [9.17, 15) is 13.2 Å². The molecule has 6 heteroatoms. The van der Waals surface area contributed by atoms with Gasteiger partial charge in [-0.25, -0.2) is 0 Å². The standard InChI is InChI=1S/C37H25F3N2O/c38-37(39,40)26-15-17-29(18-16-26)41(27-9-3-1-4-10-27)30-19-21-31(22-20-30)42(28-11-5-2-6-12-28)32-23-24-36-34(25-32)33-13-7-8-14-35(33)43-36/h1-25H. The topological polar surface area (TPSA) is 19.6 Å². The lowest BCUT2D eigenvalue weighted by molar-refractivity contribution is -0.137. The molecule has 0 saturated heterocycles. The molecule has 0 aliphatic heterocycles. The van der Waals surface area contributed by atoms with E-state index in [1.165, 1.54) is 12.1 Å². The van der Waals surface area contributed by atoms with Gasteiger partial charge in [-0.1, -0.05) is 54.6 Å². The van der Waals surface area contributed by atoms with E-state index in [4.69, 9.17) is 4.42 Å². The lowest BCUT2D eigenvalue weighted by atomic mass is 10.1. The lowest BCUT2D eigenvalue weighted by Crippen LogP contribution is -2.12. The van der Waals surface area contributed by atoms with Crippen molar-refractivity contribution in [2.75, 3.05) is 9.80 Å². The summed E-state index contributed by atoms with van der Waals surface area (Å²) in [6.45, 7) is 0. The van der Waals surface area contributed by atoms with E-state index < -0.39 is 11.7 Å². The highest BCUT2D eigenvalue weighted by Gasteiger charge is 2.30. The number of hydrogen-bond donors (Lipinski definition) is 0. The number of nitrogens with zero attached hydrogens (tertiary/aromatic N) is 2. The van der Waals surface area contributed by atoms with Gasteiger partial charge in [0.2, 0.25) is 0 Å². The van der Waals surface area contributed by atoms with Crippen LogP contribution in [0.3, 0.4) is 0 Å². The smallest absolute Gasteiger partial charge is 0.416 e. The van der Waals surface area contributed by atoms with Crippen LogP contribution in [0.25, 0.3) is 21.9 Å². The molecule has 0 saturated carbocycles. The number of rotatable bonds is 6. The van der Waals surface area contributed by atoms with Crippen LogP contribution in [-0.4, -0.2) is 0 Å². The third-order valence-electron chi connectivity index (χ3n) is 7.47. The number of para-hydroxylation sites is 3. The van der Waals surface area contributed by atoms with E-state index in [-0.39, 0.29) is 0 Å². The van der Waals surface area contributed by atoms with Gasteiger partial charge in [-0.2, -0.15) is 13.2 Å². The molecule has 1 aromatic heterocycles. The average Bonchev–Trinajstić information content (AvgIpc) is 3.41. The molecule has 0 unspecified atom stereocenters. The molecular formula is C37H25F3N2O. The Kier molecular flexibility index (Phi) is 6.59. The molecular weight excluding hydrogens is 545 g/mol. The molecule has 0 fully saturated rings. The summed E-state index contributed by atoms with van der Waals surface area (Å²) < 4.78 is 45.9. The van der Waals surface area contributed by atoms with Crippen LogP contribution in [0.4, 0.5) is 47.3 Å². The van der Waals surface area contributed by atoms with Crippen LogP contribution < -0.4 is 9.80 Å². The Hall–Kier alpha value is -5.49. The fraction of sp³-hybridized carbons (Fsp3) is 0.0270. The largest absolute Gasteiger partial charge is 0.456 e. The molecule has 0 aliphatic rings. The second kappa shape index (κ2) is 10.7. The van der Waals surface area contributed by atoms with E-state index in [1.54, 1.807) is 0 Å². The molecule has 3 nitrogen and oxygen atoms in total. The number of alkyl halides is 3. The van der Waals surface area contributed by atoms with Gasteiger partial charge in [0.25, 0.3) is 0 Å². The van der Waals surface area contributed by atoms with E-state index in [2.05, 4.69) is 29.2 Å². The first-order valence-corrected chi connectivity index (χ1v) is 13.8. The van der Waals surface area contributed by atoms with Crippen molar-refractivity contribution in [1.82, 2.24) is 0 Å². The molecule has 6 aromatic carbocycles. The van der Waals surface area contributed by atoms with Crippen LogP contribution in [0.1, 0.15) is 5.56 Å². The van der Waals surface area contributed by atoms with Crippen LogP contribution in [0, 0.1) is 0 Å². The van der Waals surface area contributed by atoms with E-state index in [0.717, 1.165) is 62.5 Å². The maximum Gasteiger partial charge on any atom is 0.416 e. The molecule has 0 atom stereocenters. The number of anilines is 6. The summed E-state index contributed by atoms with van der Waals surface area (Å²) in [7, 11) is 0. The van der Waals surface area contributed by atoms with Crippen molar-refractivity contribution < 1.29 is 17.6 Å². The second-order valence-corrected chi connectivity index (χ2v) is 10.2. The van der Waals surface area contributed by atoms with Crippen molar-refractivity contribution in [3.63, 3.8) is 0 Å². The molecule has 1 heterocycles. The summed E-state index contributed by atoms with van der Waals surface area (Å²) in [5.74, 6) is 0. The van der Waals surface area contributed by atoms with Gasteiger partial charge in [0.15, 0.2) is 0 Å². The zero-order valence-corrected chi connectivity index (χ0v) is 22.9. The van der Waals surface area contributed by atoms with Crippen molar-refractivity contribution >= 4 is 56.1 Å². The number of benzene rings is 6. The number of halogens is 3. The normalized spacial score (nSPS) is 11.6. The van der Waals surface area contributed by atoms with Gasteiger partial charge in [-0.15, -0.1) is 0 Å². The first kappa shape index (κ1) is 26.4. The Balaban J connectivity index is 1.31. The third kappa shape index (κ3) is 5.08.